The summed E-state index contributed by atoms with van der Waals surface area (Å²) >= 11 is 0. The first-order valence-electron chi connectivity index (χ1n) is 0.651. The van der Waals surface area contributed by atoms with Gasteiger partial charge in [-0.15, -0.1) is 0 Å². The van der Waals surface area contributed by atoms with Crippen LogP contribution in [0.3, 0.4) is 0 Å². The molecule has 0 aliphatic rings. The molecule has 0 amide bonds. The SMILES string of the molecule is O=C(O)O.[Ce].[Sm]. The van der Waals surface area contributed by atoms with Crippen molar-refractivity contribution in [2.75, 3.05) is 0 Å². The molecule has 0 aromatic rings. The molecule has 34 valence electrons. The van der Waals surface area contributed by atoms with Crippen molar-refractivity contribution in [1.82, 2.24) is 0 Å². The summed E-state index contributed by atoms with van der Waals surface area (Å²) in [6, 6.07) is 0. The van der Waals surface area contributed by atoms with Crippen molar-refractivity contribution in [1.29, 1.82) is 0 Å². The molecule has 0 fully saturated rings. The van der Waals surface area contributed by atoms with Crippen LogP contribution < -0.4 is 0 Å². The Balaban J connectivity index is -0.0000000450. The van der Waals surface area contributed by atoms with Crippen LogP contribution in [0.4, 0.5) is 4.79 Å². The van der Waals surface area contributed by atoms with E-state index in [9.17, 15) is 0 Å². The molecule has 0 saturated heterocycles. The van der Waals surface area contributed by atoms with Crippen LogP contribution in [0.1, 0.15) is 0 Å². The van der Waals surface area contributed by atoms with Gasteiger partial charge in [0.1, 0.15) is 0 Å². The van der Waals surface area contributed by atoms with E-state index in [0.29, 0.717) is 0 Å². The first-order chi connectivity index (χ1) is 1.73. The molecule has 0 rings (SSSR count). The van der Waals surface area contributed by atoms with Gasteiger partial charge in [0, 0.05) is 82.1 Å². The minimum atomic E-state index is -1.83. The van der Waals surface area contributed by atoms with E-state index in [-0.39, 0.29) is 82.1 Å². The summed E-state index contributed by atoms with van der Waals surface area (Å²) < 4.78 is 0. The number of hydrogen-bond donors (Lipinski definition) is 2. The Hall–Kier alpha value is 1.98. The predicted octanol–water partition coefficient (Wildman–Crippen LogP) is 0.222. The van der Waals surface area contributed by atoms with Gasteiger partial charge in [-0.1, -0.05) is 0 Å². The normalized spacial score (nSPS) is 4.00. The van der Waals surface area contributed by atoms with Gasteiger partial charge in [-0.2, -0.15) is 0 Å². The van der Waals surface area contributed by atoms with Crippen molar-refractivity contribution in [3.05, 3.63) is 0 Å². The maximum absolute atomic E-state index is 8.56. The molecule has 0 bridgehead atoms. The molecule has 2 N–H and O–H groups in total. The minimum Gasteiger partial charge on any atom is -0.450 e. The molecule has 6 heavy (non-hydrogen) atoms. The maximum Gasteiger partial charge on any atom is 0.503 e. The Morgan fingerprint density at radius 1 is 1.33 bits per heavy atom. The molecule has 3 nitrogen and oxygen atoms in total. The molecule has 0 aromatic heterocycles. The van der Waals surface area contributed by atoms with Crippen LogP contribution in [0.25, 0.3) is 0 Å². The first-order valence-corrected chi connectivity index (χ1v) is 0.651. The van der Waals surface area contributed by atoms with Gasteiger partial charge in [0.2, 0.25) is 0 Å². The van der Waals surface area contributed by atoms with E-state index < -0.39 is 6.16 Å². The molecule has 0 aliphatic heterocycles. The summed E-state index contributed by atoms with van der Waals surface area (Å²) in [7, 11) is 0. The first kappa shape index (κ1) is 15.7. The number of hydrogen-bond acceptors (Lipinski definition) is 1. The Bertz CT molecular complexity index is 33.8. The largest absolute Gasteiger partial charge is 0.503 e. The molecule has 0 radical (unpaired) electrons. The van der Waals surface area contributed by atoms with Crippen molar-refractivity contribution in [3.8, 4) is 0 Å². The molecule has 0 heterocycles. The molecule has 0 spiro atoms. The Labute approximate surface area is 101 Å². The van der Waals surface area contributed by atoms with Crippen molar-refractivity contribution < 1.29 is 97.1 Å². The fourth-order valence-electron chi connectivity index (χ4n) is 0. The van der Waals surface area contributed by atoms with Gasteiger partial charge in [-0.25, -0.2) is 4.79 Å². The van der Waals surface area contributed by atoms with Gasteiger partial charge in [-0.3, -0.25) is 0 Å². The fraction of sp³-hybridized carbons (Fsp3) is 0. The van der Waals surface area contributed by atoms with Crippen LogP contribution in [0, 0.1) is 82.1 Å². The summed E-state index contributed by atoms with van der Waals surface area (Å²) in [5, 5.41) is 13.9. The summed E-state index contributed by atoms with van der Waals surface area (Å²) in [6.45, 7) is 0. The van der Waals surface area contributed by atoms with E-state index in [1.165, 1.54) is 0 Å². The second-order valence-corrected chi connectivity index (χ2v) is 0.283. The fourth-order valence-corrected chi connectivity index (χ4v) is 0. The van der Waals surface area contributed by atoms with Gasteiger partial charge < -0.3 is 10.2 Å². The molecule has 0 aromatic carbocycles. The van der Waals surface area contributed by atoms with Gasteiger partial charge in [0.05, 0.1) is 0 Å². The predicted molar refractivity (Wildman–Crippen MR) is 10.7 cm³/mol. The zero-order valence-electron chi connectivity index (χ0n) is 2.71. The van der Waals surface area contributed by atoms with E-state index in [1.807, 2.05) is 0 Å². The zero-order valence-corrected chi connectivity index (χ0v) is 8.47. The minimum absolute atomic E-state index is 0. The smallest absolute Gasteiger partial charge is 0.450 e. The Morgan fingerprint density at radius 2 is 1.33 bits per heavy atom. The molecule has 0 atom stereocenters. The summed E-state index contributed by atoms with van der Waals surface area (Å²) in [4.78, 5) is 8.56. The number of rotatable bonds is 0. The van der Waals surface area contributed by atoms with Crippen LogP contribution in [0.2, 0.25) is 0 Å². The van der Waals surface area contributed by atoms with Gasteiger partial charge in [-0.05, 0) is 0 Å². The molecule has 0 saturated carbocycles. The quantitative estimate of drug-likeness (QED) is 0.656. The average Bonchev–Trinajstić information content (AvgIpc) is 0.811. The number of carbonyl (C=O) groups is 1. The van der Waals surface area contributed by atoms with E-state index in [2.05, 4.69) is 0 Å². The van der Waals surface area contributed by atoms with Crippen LogP contribution in [0.15, 0.2) is 0 Å². The molecule has 5 heteroatoms. The van der Waals surface area contributed by atoms with Crippen LogP contribution in [0.5, 0.6) is 0 Å². The van der Waals surface area contributed by atoms with E-state index in [1.54, 1.807) is 0 Å². The standard InChI is InChI=1S/CH2O3.Ce.Sm/c2-1(3)4;;/h(H2,2,3,4);;. The number of carboxylic acid groups (broad SMARTS) is 2. The van der Waals surface area contributed by atoms with Crippen LogP contribution in [-0.2, 0) is 0 Å². The molecular weight excluding hydrogens is 350 g/mol. The molecule has 0 aliphatic carbocycles. The second kappa shape index (κ2) is 10.1. The van der Waals surface area contributed by atoms with Gasteiger partial charge in [0.25, 0.3) is 0 Å². The second-order valence-electron chi connectivity index (χ2n) is 0.283. The van der Waals surface area contributed by atoms with Crippen molar-refractivity contribution >= 4 is 6.16 Å². The third kappa shape index (κ3) is 37.8. The summed E-state index contributed by atoms with van der Waals surface area (Å²) in [5.74, 6) is 0. The maximum atomic E-state index is 8.56. The Kier molecular flexibility index (Phi) is 26.3. The monoisotopic (exact) mass is 354 g/mol. The summed E-state index contributed by atoms with van der Waals surface area (Å²) in [6.07, 6.45) is -1.83. The van der Waals surface area contributed by atoms with Crippen LogP contribution in [-0.4, -0.2) is 16.4 Å². The van der Waals surface area contributed by atoms with Gasteiger partial charge in [0.15, 0.2) is 0 Å². The summed E-state index contributed by atoms with van der Waals surface area (Å²) in [5.41, 5.74) is 0. The zero-order chi connectivity index (χ0) is 3.58. The third-order valence-electron chi connectivity index (χ3n) is 0. The molecule has 0 unspecified atom stereocenters. The van der Waals surface area contributed by atoms with E-state index in [0.717, 1.165) is 0 Å². The van der Waals surface area contributed by atoms with Crippen molar-refractivity contribution in [2.24, 2.45) is 0 Å². The van der Waals surface area contributed by atoms with E-state index in [4.69, 9.17) is 15.0 Å². The van der Waals surface area contributed by atoms with Crippen LogP contribution >= 0.6 is 0 Å². The van der Waals surface area contributed by atoms with Crippen molar-refractivity contribution in [2.45, 2.75) is 0 Å². The van der Waals surface area contributed by atoms with E-state index >= 15 is 0 Å². The molecular formula is CH2CeO3Sm. The average molecular weight is 352 g/mol. The Morgan fingerprint density at radius 3 is 1.33 bits per heavy atom. The third-order valence-corrected chi connectivity index (χ3v) is 0. The van der Waals surface area contributed by atoms with Crippen molar-refractivity contribution in [3.63, 3.8) is 0 Å². The topological polar surface area (TPSA) is 57.5 Å². The van der Waals surface area contributed by atoms with Gasteiger partial charge >= 0.3 is 6.16 Å².